The van der Waals surface area contributed by atoms with Crippen molar-refractivity contribution in [1.29, 1.82) is 0 Å². The zero-order chi connectivity index (χ0) is 2.71. The molecule has 0 spiro atoms. The van der Waals surface area contributed by atoms with Crippen LogP contribution in [-0.4, -0.2) is 0 Å². The third-order valence-corrected chi connectivity index (χ3v) is 0. The van der Waals surface area contributed by atoms with Gasteiger partial charge in [0, 0.05) is 22.4 Å². The van der Waals surface area contributed by atoms with E-state index in [9.17, 15) is 0 Å². The predicted octanol–water partition coefficient (Wildman–Crippen LogP) is 2.32. The van der Waals surface area contributed by atoms with E-state index in [1.54, 1.807) is 6.92 Å². The van der Waals surface area contributed by atoms with Crippen LogP contribution >= 0.6 is 0 Å². The summed E-state index contributed by atoms with van der Waals surface area (Å²) >= 11 is 0. The molecule has 0 aliphatic carbocycles. The smallest absolute Gasteiger partial charge is 0 e. The first kappa shape index (κ1) is 54.8. The second-order valence-corrected chi connectivity index (χ2v) is 0.250. The summed E-state index contributed by atoms with van der Waals surface area (Å²) in [4.78, 5) is 0. The van der Waals surface area contributed by atoms with Crippen molar-refractivity contribution in [3.05, 3.63) is 13.9 Å². The second-order valence-electron chi connectivity index (χ2n) is 0.250. The van der Waals surface area contributed by atoms with Crippen molar-refractivity contribution in [3.63, 3.8) is 0 Å². The Morgan fingerprint density at radius 3 is 1.29 bits per heavy atom. The van der Waals surface area contributed by atoms with Crippen LogP contribution in [0.4, 0.5) is 0 Å². The number of rotatable bonds is 0. The first-order valence-corrected chi connectivity index (χ1v) is 0.750. The van der Waals surface area contributed by atoms with Crippen LogP contribution in [0.5, 0.6) is 0 Å². The van der Waals surface area contributed by atoms with E-state index in [1.807, 2.05) is 5.92 Å². The van der Waals surface area contributed by atoms with Crippen molar-refractivity contribution in [2.24, 2.45) is 0 Å². The van der Waals surface area contributed by atoms with Crippen LogP contribution in [0.3, 0.4) is 0 Å². The van der Waals surface area contributed by atoms with Crippen molar-refractivity contribution in [3.8, 4) is 5.92 Å². The van der Waals surface area contributed by atoms with Gasteiger partial charge in [-0.15, -0.1) is 0 Å². The molecule has 0 nitrogen and oxygen atoms in total. The molecular formula is C6H14Au-2. The van der Waals surface area contributed by atoms with Gasteiger partial charge in [0.15, 0.2) is 0 Å². The fourth-order valence-corrected chi connectivity index (χ4v) is 0. The second kappa shape index (κ2) is 105. The Kier molecular flexibility index (Phi) is 819. The third kappa shape index (κ3) is 1290. The van der Waals surface area contributed by atoms with Gasteiger partial charge in [-0.1, -0.05) is 14.9 Å². The summed E-state index contributed by atoms with van der Waals surface area (Å²) in [5.41, 5.74) is 0. The Morgan fingerprint density at radius 2 is 1.29 bits per heavy atom. The molecule has 0 fully saturated rings. The van der Waals surface area contributed by atoms with Crippen molar-refractivity contribution >= 4 is 0 Å². The topological polar surface area (TPSA) is 0 Å². The van der Waals surface area contributed by atoms with Crippen LogP contribution in [0, 0.1) is 19.8 Å². The van der Waals surface area contributed by atoms with E-state index in [2.05, 4.69) is 0 Å². The molecule has 0 unspecified atom stereocenters. The van der Waals surface area contributed by atoms with Gasteiger partial charge >= 0.3 is 0 Å². The standard InChI is InChI=1S/C3H3.2CH4.CH3.Au/c1-3-2;;;;/h1H3;2*1H4;1H3;/q-1;;;-1;. The summed E-state index contributed by atoms with van der Waals surface area (Å²) in [5, 5.41) is 0. The minimum absolute atomic E-state index is 0. The van der Waals surface area contributed by atoms with Crippen LogP contribution in [0.1, 0.15) is 21.8 Å². The Morgan fingerprint density at radius 1 is 1.29 bits per heavy atom. The molecule has 0 bridgehead atoms. The van der Waals surface area contributed by atoms with E-state index in [0.717, 1.165) is 0 Å². The van der Waals surface area contributed by atoms with E-state index in [0.29, 0.717) is 0 Å². The van der Waals surface area contributed by atoms with E-state index in [1.165, 1.54) is 0 Å². The molecule has 0 saturated heterocycles. The molecule has 0 amide bonds. The maximum Gasteiger partial charge on any atom is 0 e. The summed E-state index contributed by atoms with van der Waals surface area (Å²) in [7, 11) is 0. The first-order valence-electron chi connectivity index (χ1n) is 0.750. The molecule has 0 atom stereocenters. The Bertz CT molecular complexity index is 25.7. The van der Waals surface area contributed by atoms with Gasteiger partial charge in [0.25, 0.3) is 0 Å². The molecular weight excluding hydrogens is 269 g/mol. The SMILES string of the molecule is C.C.[Au].[C-]#CC.[CH3-]. The summed E-state index contributed by atoms with van der Waals surface area (Å²) in [6.45, 7) is 1.54. The molecule has 0 saturated carbocycles. The molecule has 0 N–H and O–H groups in total. The van der Waals surface area contributed by atoms with Gasteiger partial charge in [-0.05, 0) is 6.92 Å². The van der Waals surface area contributed by atoms with Crippen LogP contribution in [-0.2, 0) is 22.4 Å². The normalized spacial score (nSPS) is 1.14. The molecule has 1 heteroatoms. The monoisotopic (exact) mass is 283 g/mol. The van der Waals surface area contributed by atoms with Gasteiger partial charge < -0.3 is 19.8 Å². The first-order chi connectivity index (χ1) is 1.41. The minimum Gasteiger partial charge on any atom is -0.694 e. The average molecular weight is 283 g/mol. The third-order valence-electron chi connectivity index (χ3n) is 0. The Labute approximate surface area is 64.2 Å². The van der Waals surface area contributed by atoms with Crippen molar-refractivity contribution in [2.75, 3.05) is 0 Å². The Balaban J connectivity index is -0.00000000333. The summed E-state index contributed by atoms with van der Waals surface area (Å²) < 4.78 is 0. The fourth-order valence-electron chi connectivity index (χ4n) is 0. The van der Waals surface area contributed by atoms with Crippen LogP contribution in [0.2, 0.25) is 0 Å². The molecule has 51 valence electrons. The molecule has 0 heterocycles. The minimum atomic E-state index is 0. The molecule has 0 rings (SSSR count). The maximum absolute atomic E-state index is 5.96. The van der Waals surface area contributed by atoms with Gasteiger partial charge in [0.2, 0.25) is 0 Å². The number of hydrogen-bond acceptors (Lipinski definition) is 0. The van der Waals surface area contributed by atoms with E-state index in [-0.39, 0.29) is 44.7 Å². The summed E-state index contributed by atoms with van der Waals surface area (Å²) in [6, 6.07) is 0. The van der Waals surface area contributed by atoms with Gasteiger partial charge in [-0.3, -0.25) is 0 Å². The molecule has 0 aromatic rings. The molecule has 0 aromatic carbocycles. The van der Waals surface area contributed by atoms with Crippen molar-refractivity contribution in [2.45, 2.75) is 21.8 Å². The van der Waals surface area contributed by atoms with Gasteiger partial charge in [0.05, 0.1) is 0 Å². The van der Waals surface area contributed by atoms with Crippen molar-refractivity contribution in [1.82, 2.24) is 0 Å². The molecule has 0 aliphatic rings. The van der Waals surface area contributed by atoms with Gasteiger partial charge in [-0.25, -0.2) is 0 Å². The largest absolute Gasteiger partial charge is 0.694 e. The maximum atomic E-state index is 5.96. The zero-order valence-corrected chi connectivity index (χ0v) is 5.47. The van der Waals surface area contributed by atoms with Gasteiger partial charge in [0.1, 0.15) is 0 Å². The van der Waals surface area contributed by atoms with Crippen LogP contribution in [0.25, 0.3) is 0 Å². The predicted molar refractivity (Wildman–Crippen MR) is 32.7 cm³/mol. The van der Waals surface area contributed by atoms with E-state index < -0.39 is 0 Å². The summed E-state index contributed by atoms with van der Waals surface area (Å²) in [6.07, 6.45) is 5.96. The number of hydrogen-bond donors (Lipinski definition) is 0. The molecule has 0 aromatic heterocycles. The van der Waals surface area contributed by atoms with Crippen molar-refractivity contribution < 1.29 is 22.4 Å². The molecule has 1 radical (unpaired) electrons. The average Bonchev–Trinajstić information content (AvgIpc) is 0.918. The molecule has 7 heavy (non-hydrogen) atoms. The van der Waals surface area contributed by atoms with E-state index >= 15 is 0 Å². The quantitative estimate of drug-likeness (QED) is 0.363. The fraction of sp³-hybridized carbons (Fsp3) is 0.500. The van der Waals surface area contributed by atoms with Crippen LogP contribution < -0.4 is 0 Å². The summed E-state index contributed by atoms with van der Waals surface area (Å²) in [5.74, 6) is 2.00. The zero-order valence-electron chi connectivity index (χ0n) is 3.30. The van der Waals surface area contributed by atoms with E-state index in [4.69, 9.17) is 6.42 Å². The Hall–Kier alpha value is 0.300. The van der Waals surface area contributed by atoms with Crippen LogP contribution in [0.15, 0.2) is 0 Å². The molecule has 0 aliphatic heterocycles. The van der Waals surface area contributed by atoms with Gasteiger partial charge in [-0.2, -0.15) is 0 Å².